The summed E-state index contributed by atoms with van der Waals surface area (Å²) in [5.41, 5.74) is 1.37. The minimum atomic E-state index is 0.320. The topological polar surface area (TPSA) is 21.6 Å². The van der Waals surface area contributed by atoms with Crippen LogP contribution in [0.2, 0.25) is 0 Å². The Balaban J connectivity index is 1.82. The molecule has 2 rings (SSSR count). The molecule has 0 saturated carbocycles. The van der Waals surface area contributed by atoms with E-state index in [1.54, 1.807) is 0 Å². The number of aliphatic imine (C=N–C) groups is 1. The molecule has 1 radical (unpaired) electrons. The van der Waals surface area contributed by atoms with Crippen LogP contribution in [0.1, 0.15) is 12.0 Å². The first kappa shape index (κ1) is 8.30. The predicted molar refractivity (Wildman–Crippen MR) is 51.9 cm³/mol. The lowest BCUT2D eigenvalue weighted by Crippen LogP contribution is -2.07. The van der Waals surface area contributed by atoms with E-state index < -0.39 is 0 Å². The maximum Gasteiger partial charge on any atom is 0.273 e. The van der Waals surface area contributed by atoms with Gasteiger partial charge in [0, 0.05) is 0 Å². The number of hydrogen-bond donors (Lipinski definition) is 0. The van der Waals surface area contributed by atoms with Crippen LogP contribution < -0.4 is 0 Å². The third-order valence-electron chi connectivity index (χ3n) is 2.18. The summed E-state index contributed by atoms with van der Waals surface area (Å²) in [7, 11) is 0. The Morgan fingerprint density at radius 1 is 1.38 bits per heavy atom. The molecule has 0 aliphatic carbocycles. The van der Waals surface area contributed by atoms with Crippen LogP contribution in [0.25, 0.3) is 0 Å². The monoisotopic (exact) mass is 174 g/mol. The molecule has 0 bridgehead atoms. The van der Waals surface area contributed by atoms with E-state index in [1.165, 1.54) is 5.56 Å². The fourth-order valence-electron chi connectivity index (χ4n) is 1.41. The van der Waals surface area contributed by atoms with Crippen molar-refractivity contribution in [1.82, 2.24) is 0 Å². The van der Waals surface area contributed by atoms with Crippen molar-refractivity contribution < 1.29 is 4.74 Å². The maximum absolute atomic E-state index is 4.93. The summed E-state index contributed by atoms with van der Waals surface area (Å²) in [6.45, 7) is 0.701. The largest absolute Gasteiger partial charge is 0.472 e. The highest BCUT2D eigenvalue weighted by Gasteiger charge is 2.11. The second-order valence-corrected chi connectivity index (χ2v) is 3.21. The van der Waals surface area contributed by atoms with Crippen molar-refractivity contribution >= 4 is 6.40 Å². The molecule has 1 heterocycles. The van der Waals surface area contributed by atoms with Gasteiger partial charge in [0.05, 0.1) is 6.04 Å². The molecule has 1 aromatic carbocycles. The molecule has 2 heteroatoms. The highest BCUT2D eigenvalue weighted by atomic mass is 16.5. The Morgan fingerprint density at radius 2 is 2.23 bits per heavy atom. The van der Waals surface area contributed by atoms with E-state index in [0.29, 0.717) is 12.6 Å². The highest BCUT2D eigenvalue weighted by molar-refractivity contribution is 5.48. The van der Waals surface area contributed by atoms with Crippen molar-refractivity contribution in [2.24, 2.45) is 4.99 Å². The van der Waals surface area contributed by atoms with Crippen molar-refractivity contribution in [3.8, 4) is 0 Å². The SMILES string of the molecule is [C]1=NC(CCc2ccccc2)CO1. The molecule has 67 valence electrons. The highest BCUT2D eigenvalue weighted by Crippen LogP contribution is 2.09. The van der Waals surface area contributed by atoms with Gasteiger partial charge >= 0.3 is 0 Å². The van der Waals surface area contributed by atoms with Gasteiger partial charge in [0.1, 0.15) is 6.61 Å². The minimum absolute atomic E-state index is 0.320. The second-order valence-electron chi connectivity index (χ2n) is 3.21. The number of aryl methyl sites for hydroxylation is 1. The zero-order chi connectivity index (χ0) is 8.93. The van der Waals surface area contributed by atoms with Crippen LogP contribution in [0.3, 0.4) is 0 Å². The third-order valence-corrected chi connectivity index (χ3v) is 2.18. The quantitative estimate of drug-likeness (QED) is 0.686. The third kappa shape index (κ3) is 2.31. The number of ether oxygens (including phenoxy) is 1. The molecule has 1 aromatic rings. The molecule has 0 spiro atoms. The van der Waals surface area contributed by atoms with Gasteiger partial charge in [-0.2, -0.15) is 0 Å². The first-order valence-corrected chi connectivity index (χ1v) is 4.56. The molecule has 1 atom stereocenters. The molecule has 0 fully saturated rings. The summed E-state index contributed by atoms with van der Waals surface area (Å²) < 4.78 is 4.93. The summed E-state index contributed by atoms with van der Waals surface area (Å²) in [5.74, 6) is 0. The van der Waals surface area contributed by atoms with Gasteiger partial charge in [0.25, 0.3) is 6.40 Å². The van der Waals surface area contributed by atoms with Crippen molar-refractivity contribution in [2.75, 3.05) is 6.61 Å². The lowest BCUT2D eigenvalue weighted by molar-refractivity contribution is 0.322. The van der Waals surface area contributed by atoms with Crippen LogP contribution in [0, 0.1) is 0 Å². The van der Waals surface area contributed by atoms with Crippen LogP contribution in [-0.2, 0) is 11.2 Å². The van der Waals surface area contributed by atoms with Crippen LogP contribution in [0.5, 0.6) is 0 Å². The fourth-order valence-corrected chi connectivity index (χ4v) is 1.41. The van der Waals surface area contributed by atoms with Gasteiger partial charge in [-0.3, -0.25) is 0 Å². The van der Waals surface area contributed by atoms with E-state index in [-0.39, 0.29) is 0 Å². The Kier molecular flexibility index (Phi) is 2.60. The zero-order valence-electron chi connectivity index (χ0n) is 7.44. The Hall–Kier alpha value is -1.31. The van der Waals surface area contributed by atoms with Gasteiger partial charge in [-0.1, -0.05) is 30.3 Å². The van der Waals surface area contributed by atoms with Crippen LogP contribution in [-0.4, -0.2) is 19.0 Å². The lowest BCUT2D eigenvalue weighted by Gasteiger charge is -2.04. The van der Waals surface area contributed by atoms with E-state index in [4.69, 9.17) is 4.74 Å². The molecule has 0 aromatic heterocycles. The lowest BCUT2D eigenvalue weighted by atomic mass is 10.1. The van der Waals surface area contributed by atoms with E-state index in [2.05, 4.69) is 35.7 Å². The van der Waals surface area contributed by atoms with Crippen LogP contribution in [0.4, 0.5) is 0 Å². The maximum atomic E-state index is 4.93. The van der Waals surface area contributed by atoms with Gasteiger partial charge in [-0.05, 0) is 18.4 Å². The smallest absolute Gasteiger partial charge is 0.273 e. The van der Waals surface area contributed by atoms with E-state index >= 15 is 0 Å². The number of rotatable bonds is 3. The molecule has 2 nitrogen and oxygen atoms in total. The minimum Gasteiger partial charge on any atom is -0.472 e. The summed E-state index contributed by atoms with van der Waals surface area (Å²) in [6.07, 6.45) is 4.66. The molecule has 1 unspecified atom stereocenters. The van der Waals surface area contributed by atoms with Gasteiger partial charge in [0.2, 0.25) is 0 Å². The first-order valence-electron chi connectivity index (χ1n) is 4.56. The van der Waals surface area contributed by atoms with E-state index in [1.807, 2.05) is 6.07 Å². The number of benzene rings is 1. The van der Waals surface area contributed by atoms with Crippen molar-refractivity contribution in [2.45, 2.75) is 18.9 Å². The van der Waals surface area contributed by atoms with Crippen molar-refractivity contribution in [3.05, 3.63) is 35.9 Å². The summed E-state index contributed by atoms with van der Waals surface area (Å²) in [5, 5.41) is 0. The number of nitrogens with zero attached hydrogens (tertiary/aromatic N) is 1. The van der Waals surface area contributed by atoms with Crippen molar-refractivity contribution in [3.63, 3.8) is 0 Å². The summed E-state index contributed by atoms with van der Waals surface area (Å²) in [4.78, 5) is 4.08. The fraction of sp³-hybridized carbons (Fsp3) is 0.364. The standard InChI is InChI=1S/C11H12NO/c1-2-4-10(5-3-1)6-7-11-8-13-9-12-11/h1-5,11H,6-8H2. The molecule has 1 aliphatic rings. The Morgan fingerprint density at radius 3 is 2.92 bits per heavy atom. The summed E-state index contributed by atoms with van der Waals surface area (Å²) in [6, 6.07) is 10.8. The molecule has 13 heavy (non-hydrogen) atoms. The molecule has 0 saturated heterocycles. The molecule has 0 N–H and O–H groups in total. The first-order chi connectivity index (χ1) is 6.45. The van der Waals surface area contributed by atoms with Crippen LogP contribution >= 0.6 is 0 Å². The van der Waals surface area contributed by atoms with E-state index in [9.17, 15) is 0 Å². The van der Waals surface area contributed by atoms with Gasteiger partial charge in [-0.15, -0.1) is 0 Å². The molecule has 0 amide bonds. The van der Waals surface area contributed by atoms with Crippen LogP contribution in [0.15, 0.2) is 35.3 Å². The summed E-state index contributed by atoms with van der Waals surface area (Å²) >= 11 is 0. The molecular formula is C11H12NO. The van der Waals surface area contributed by atoms with Crippen molar-refractivity contribution in [1.29, 1.82) is 0 Å². The van der Waals surface area contributed by atoms with Gasteiger partial charge in [-0.25, -0.2) is 4.99 Å². The average molecular weight is 174 g/mol. The molecular weight excluding hydrogens is 162 g/mol. The van der Waals surface area contributed by atoms with E-state index in [0.717, 1.165) is 12.8 Å². The molecule has 1 aliphatic heterocycles. The van der Waals surface area contributed by atoms with Gasteiger partial charge in [0.15, 0.2) is 0 Å². The average Bonchev–Trinajstić information content (AvgIpc) is 2.69. The zero-order valence-corrected chi connectivity index (χ0v) is 7.44. The van der Waals surface area contributed by atoms with Gasteiger partial charge < -0.3 is 4.74 Å². The Labute approximate surface area is 78.3 Å². The number of hydrogen-bond acceptors (Lipinski definition) is 2. The Bertz CT molecular complexity index is 281. The second kappa shape index (κ2) is 4.08. The normalized spacial score (nSPS) is 20.2. The predicted octanol–water partition coefficient (Wildman–Crippen LogP) is 1.92.